The number of hydrogen-bond acceptors (Lipinski definition) is 2. The first-order valence-electron chi connectivity index (χ1n) is 18.0. The van der Waals surface area contributed by atoms with E-state index >= 15 is 4.57 Å². The van der Waals surface area contributed by atoms with E-state index in [1.807, 2.05) is 60.7 Å². The predicted molar refractivity (Wildman–Crippen MR) is 225 cm³/mol. The van der Waals surface area contributed by atoms with E-state index in [2.05, 4.69) is 132 Å². The first-order valence-corrected chi connectivity index (χ1v) is 19.7. The Kier molecular flexibility index (Phi) is 6.53. The highest BCUT2D eigenvalue weighted by Gasteiger charge is 2.29. The maximum Gasteiger partial charge on any atom is 0.171 e. The van der Waals surface area contributed by atoms with Gasteiger partial charge in [-0.3, -0.25) is 4.40 Å². The van der Waals surface area contributed by atoms with Crippen LogP contribution in [0.5, 0.6) is 0 Å². The van der Waals surface area contributed by atoms with Crippen LogP contribution in [0.2, 0.25) is 0 Å². The van der Waals surface area contributed by atoms with Crippen molar-refractivity contribution in [1.82, 2.24) is 9.38 Å². The number of para-hydroxylation sites is 2. The lowest BCUT2D eigenvalue weighted by Gasteiger charge is -2.20. The molecule has 2 aromatic heterocycles. The van der Waals surface area contributed by atoms with E-state index in [1.54, 1.807) is 0 Å². The van der Waals surface area contributed by atoms with E-state index < -0.39 is 7.14 Å². The molecule has 0 N–H and O–H groups in total. The van der Waals surface area contributed by atoms with Gasteiger partial charge in [0, 0.05) is 26.7 Å². The molecular weight excluding hydrogens is 664 g/mol. The van der Waals surface area contributed by atoms with E-state index in [0.29, 0.717) is 0 Å². The lowest BCUT2D eigenvalue weighted by atomic mass is 9.95. The third kappa shape index (κ3) is 4.54. The van der Waals surface area contributed by atoms with Crippen molar-refractivity contribution in [3.8, 4) is 11.1 Å². The largest absolute Gasteiger partial charge is 0.309 e. The molecule has 0 amide bonds. The number of rotatable bonds is 4. The molecule has 9 aromatic carbocycles. The van der Waals surface area contributed by atoms with Crippen molar-refractivity contribution < 1.29 is 4.57 Å². The van der Waals surface area contributed by atoms with Crippen molar-refractivity contribution in [2.75, 3.05) is 0 Å². The molecule has 3 nitrogen and oxygen atoms in total. The van der Waals surface area contributed by atoms with Crippen LogP contribution in [0.15, 0.2) is 188 Å². The lowest BCUT2D eigenvalue weighted by molar-refractivity contribution is 0.592. The Labute approximate surface area is 305 Å². The van der Waals surface area contributed by atoms with Crippen LogP contribution in [0.25, 0.3) is 81.8 Å². The number of fused-ring (bicyclic) bond motifs is 12. The first kappa shape index (κ1) is 30.1. The quantitative estimate of drug-likeness (QED) is 0.104. The second-order valence-corrected chi connectivity index (χ2v) is 16.7. The topological polar surface area (TPSA) is 34.4 Å². The van der Waals surface area contributed by atoms with Crippen molar-refractivity contribution in [1.29, 1.82) is 0 Å². The van der Waals surface area contributed by atoms with E-state index in [9.17, 15) is 0 Å². The Morgan fingerprint density at radius 2 is 0.962 bits per heavy atom. The molecule has 0 unspecified atom stereocenters. The number of hydrogen-bond donors (Lipinski definition) is 0. The fourth-order valence-corrected chi connectivity index (χ4v) is 11.1. The van der Waals surface area contributed by atoms with Crippen LogP contribution in [0, 0.1) is 0 Å². The Morgan fingerprint density at radius 1 is 0.377 bits per heavy atom. The standard InChI is InChI=1S/C49H31N2OP/c52-53(38-13-3-1-4-14-38,39-15-5-2-6-16-39)40-23-25-42-37(28-40)20-19-36-27-34(21-24-41(36)42)35-22-26-47-44(30-35)43-29-32-11-7-8-12-33(32)31-45(43)49-50-46-17-9-10-18-48(46)51(47)49/h1-31H. The third-order valence-electron chi connectivity index (χ3n) is 11.0. The number of benzene rings is 9. The van der Waals surface area contributed by atoms with Crippen molar-refractivity contribution in [3.63, 3.8) is 0 Å². The van der Waals surface area contributed by atoms with E-state index in [1.165, 1.54) is 37.9 Å². The van der Waals surface area contributed by atoms with Crippen LogP contribution in [0.4, 0.5) is 0 Å². The van der Waals surface area contributed by atoms with Crippen LogP contribution in [-0.4, -0.2) is 9.38 Å². The molecule has 53 heavy (non-hydrogen) atoms. The van der Waals surface area contributed by atoms with Gasteiger partial charge in [-0.2, -0.15) is 0 Å². The number of pyridine rings is 1. The first-order chi connectivity index (χ1) is 26.1. The van der Waals surface area contributed by atoms with Crippen LogP contribution in [0.1, 0.15) is 0 Å². The molecule has 248 valence electrons. The zero-order valence-electron chi connectivity index (χ0n) is 28.6. The molecule has 2 heterocycles. The highest BCUT2D eigenvalue weighted by atomic mass is 31.2. The summed E-state index contributed by atoms with van der Waals surface area (Å²) in [6, 6.07) is 65.7. The smallest absolute Gasteiger partial charge is 0.171 e. The average molecular weight is 695 g/mol. The van der Waals surface area contributed by atoms with Gasteiger partial charge in [-0.05, 0) is 97.4 Å². The van der Waals surface area contributed by atoms with Gasteiger partial charge in [-0.15, -0.1) is 0 Å². The van der Waals surface area contributed by atoms with Gasteiger partial charge in [-0.25, -0.2) is 4.98 Å². The molecule has 0 aliphatic carbocycles. The molecule has 11 aromatic rings. The van der Waals surface area contributed by atoms with Gasteiger partial charge in [0.2, 0.25) is 0 Å². The molecule has 0 spiro atoms. The molecule has 0 saturated heterocycles. The molecule has 0 aliphatic heterocycles. The maximum atomic E-state index is 15.1. The minimum atomic E-state index is -3.07. The van der Waals surface area contributed by atoms with Crippen LogP contribution in [-0.2, 0) is 4.57 Å². The Bertz CT molecular complexity index is 3270. The Morgan fingerprint density at radius 3 is 1.70 bits per heavy atom. The number of aromatic nitrogens is 2. The van der Waals surface area contributed by atoms with Gasteiger partial charge >= 0.3 is 0 Å². The van der Waals surface area contributed by atoms with Gasteiger partial charge in [0.05, 0.1) is 16.6 Å². The summed E-state index contributed by atoms with van der Waals surface area (Å²) in [6.07, 6.45) is 0. The van der Waals surface area contributed by atoms with Gasteiger partial charge in [0.1, 0.15) is 5.65 Å². The molecule has 0 saturated carbocycles. The van der Waals surface area contributed by atoms with E-state index in [-0.39, 0.29) is 0 Å². The summed E-state index contributed by atoms with van der Waals surface area (Å²) in [4.78, 5) is 5.14. The minimum absolute atomic E-state index is 0.842. The highest BCUT2D eigenvalue weighted by molar-refractivity contribution is 7.85. The van der Waals surface area contributed by atoms with Crippen molar-refractivity contribution in [2.45, 2.75) is 0 Å². The summed E-state index contributed by atoms with van der Waals surface area (Å²) >= 11 is 0. The van der Waals surface area contributed by atoms with Gasteiger partial charge in [0.15, 0.2) is 7.14 Å². The van der Waals surface area contributed by atoms with Crippen LogP contribution in [0.3, 0.4) is 0 Å². The molecule has 0 bridgehead atoms. The average Bonchev–Trinajstić information content (AvgIpc) is 3.63. The summed E-state index contributed by atoms with van der Waals surface area (Å²) in [5.41, 5.74) is 6.57. The van der Waals surface area contributed by atoms with Crippen molar-refractivity contribution in [2.24, 2.45) is 0 Å². The third-order valence-corrected chi connectivity index (χ3v) is 14.0. The van der Waals surface area contributed by atoms with E-state index in [0.717, 1.165) is 59.8 Å². The van der Waals surface area contributed by atoms with Crippen molar-refractivity contribution in [3.05, 3.63) is 188 Å². The van der Waals surface area contributed by atoms with Crippen LogP contribution < -0.4 is 15.9 Å². The van der Waals surface area contributed by atoms with Gasteiger partial charge in [-0.1, -0.05) is 140 Å². The molecule has 0 radical (unpaired) electrons. The maximum absolute atomic E-state index is 15.1. The monoisotopic (exact) mass is 694 g/mol. The molecule has 0 aliphatic rings. The summed E-state index contributed by atoms with van der Waals surface area (Å²) in [6.45, 7) is 0. The normalized spacial score (nSPS) is 12.2. The molecule has 0 atom stereocenters. The number of imidazole rings is 1. The summed E-state index contributed by atoms with van der Waals surface area (Å²) in [7, 11) is -3.07. The summed E-state index contributed by atoms with van der Waals surface area (Å²) in [5, 5.41) is 13.1. The zero-order valence-corrected chi connectivity index (χ0v) is 29.5. The molecule has 4 heteroatoms. The molecular formula is C49H31N2OP. The van der Waals surface area contributed by atoms with Crippen LogP contribution >= 0.6 is 7.14 Å². The van der Waals surface area contributed by atoms with E-state index in [4.69, 9.17) is 4.98 Å². The second-order valence-electron chi connectivity index (χ2n) is 13.9. The fraction of sp³-hybridized carbons (Fsp3) is 0. The molecule has 0 fully saturated rings. The van der Waals surface area contributed by atoms with Gasteiger partial charge < -0.3 is 4.57 Å². The summed E-state index contributed by atoms with van der Waals surface area (Å²) < 4.78 is 17.4. The second kappa shape index (κ2) is 11.5. The molecule has 11 rings (SSSR count). The number of nitrogens with zero attached hydrogens (tertiary/aromatic N) is 2. The minimum Gasteiger partial charge on any atom is -0.309 e. The Balaban J connectivity index is 1.08. The van der Waals surface area contributed by atoms with Gasteiger partial charge in [0.25, 0.3) is 0 Å². The Hall–Kier alpha value is -6.54. The fourth-order valence-electron chi connectivity index (χ4n) is 8.38. The van der Waals surface area contributed by atoms with Crippen molar-refractivity contribution >= 4 is 93.7 Å². The highest BCUT2D eigenvalue weighted by Crippen LogP contribution is 2.44. The zero-order chi connectivity index (χ0) is 35.1. The summed E-state index contributed by atoms with van der Waals surface area (Å²) in [5.74, 6) is 0. The lowest BCUT2D eigenvalue weighted by Crippen LogP contribution is -2.24. The SMILES string of the molecule is O=P(c1ccccc1)(c1ccccc1)c1ccc2c(ccc3cc(-c4ccc5c(c4)c4cc6ccccc6cc4c4nc6ccccc6n54)ccc32)c1. The predicted octanol–water partition coefficient (Wildman–Crippen LogP) is 11.6.